The molecule has 6 nitrogen and oxygen atoms in total. The number of hydrogen-bond donors (Lipinski definition) is 1. The van der Waals surface area contributed by atoms with Crippen LogP contribution in [0.3, 0.4) is 0 Å². The van der Waals surface area contributed by atoms with Crippen molar-refractivity contribution in [1.29, 1.82) is 0 Å². The summed E-state index contributed by atoms with van der Waals surface area (Å²) in [5.74, 6) is -0.626. The minimum atomic E-state index is -1.01. The van der Waals surface area contributed by atoms with Crippen LogP contribution in [0.15, 0.2) is 24.3 Å². The molecular formula is C20H28O6. The molecule has 1 aliphatic rings. The van der Waals surface area contributed by atoms with E-state index in [1.807, 2.05) is 24.3 Å². The first kappa shape index (κ1) is 20.2. The van der Waals surface area contributed by atoms with Crippen LogP contribution in [0.5, 0.6) is 0 Å². The van der Waals surface area contributed by atoms with Crippen LogP contribution >= 0.6 is 0 Å². The molecule has 26 heavy (non-hydrogen) atoms. The second kappa shape index (κ2) is 9.57. The van der Waals surface area contributed by atoms with Crippen molar-refractivity contribution in [3.63, 3.8) is 0 Å². The van der Waals surface area contributed by atoms with E-state index in [4.69, 9.17) is 9.47 Å². The van der Waals surface area contributed by atoms with Crippen molar-refractivity contribution >= 4 is 12.1 Å². The molecule has 0 aromatic heterocycles. The third-order valence-corrected chi connectivity index (χ3v) is 4.76. The van der Waals surface area contributed by atoms with Gasteiger partial charge in [0.25, 0.3) is 0 Å². The second-order valence-corrected chi connectivity index (χ2v) is 6.73. The smallest absolute Gasteiger partial charge is 0.435 e. The van der Waals surface area contributed by atoms with Crippen LogP contribution in [-0.4, -0.2) is 36.2 Å². The van der Waals surface area contributed by atoms with Crippen molar-refractivity contribution in [1.82, 2.24) is 0 Å². The predicted molar refractivity (Wildman–Crippen MR) is 95.6 cm³/mol. The normalized spacial score (nSPS) is 21.7. The Morgan fingerprint density at radius 2 is 1.85 bits per heavy atom. The van der Waals surface area contributed by atoms with Gasteiger partial charge in [-0.1, -0.05) is 30.7 Å². The molecule has 1 aromatic rings. The van der Waals surface area contributed by atoms with E-state index in [1.54, 1.807) is 13.8 Å². The third-order valence-electron chi connectivity index (χ3n) is 4.76. The zero-order chi connectivity index (χ0) is 19.1. The van der Waals surface area contributed by atoms with Crippen LogP contribution in [-0.2, 0) is 25.4 Å². The van der Waals surface area contributed by atoms with Crippen molar-refractivity contribution in [2.45, 2.75) is 64.8 Å². The van der Waals surface area contributed by atoms with Gasteiger partial charge < -0.3 is 19.3 Å². The monoisotopic (exact) mass is 364 g/mol. The highest BCUT2D eigenvalue weighted by Gasteiger charge is 2.25. The molecule has 0 bridgehead atoms. The fourth-order valence-corrected chi connectivity index (χ4v) is 3.21. The maximum Gasteiger partial charge on any atom is 0.511 e. The summed E-state index contributed by atoms with van der Waals surface area (Å²) in [6, 6.07) is 7.78. The zero-order valence-electron chi connectivity index (χ0n) is 15.6. The number of ether oxygens (including phenoxy) is 3. The molecule has 0 aliphatic heterocycles. The third kappa shape index (κ3) is 5.73. The molecule has 0 radical (unpaired) electrons. The summed E-state index contributed by atoms with van der Waals surface area (Å²) in [6.07, 6.45) is 1.81. The lowest BCUT2D eigenvalue weighted by Gasteiger charge is -2.18. The van der Waals surface area contributed by atoms with Gasteiger partial charge in [-0.25, -0.2) is 4.79 Å². The molecule has 6 heteroatoms. The molecule has 4 atom stereocenters. The summed E-state index contributed by atoms with van der Waals surface area (Å²) in [6.45, 7) is 5.07. The van der Waals surface area contributed by atoms with Crippen LogP contribution in [0, 0.1) is 5.92 Å². The fourth-order valence-electron chi connectivity index (χ4n) is 3.21. The van der Waals surface area contributed by atoms with E-state index < -0.39 is 24.3 Å². The van der Waals surface area contributed by atoms with Gasteiger partial charge in [0.1, 0.15) is 0 Å². The number of hydrogen-bond acceptors (Lipinski definition) is 6. The van der Waals surface area contributed by atoms with Crippen molar-refractivity contribution in [3.8, 4) is 0 Å². The van der Waals surface area contributed by atoms with E-state index in [0.717, 1.165) is 36.8 Å². The predicted octanol–water partition coefficient (Wildman–Crippen LogP) is 3.56. The number of aliphatic hydroxyl groups is 1. The lowest BCUT2D eigenvalue weighted by Crippen LogP contribution is -2.24. The molecule has 0 amide bonds. The van der Waals surface area contributed by atoms with Gasteiger partial charge in [0.2, 0.25) is 6.29 Å². The molecule has 144 valence electrons. The number of esters is 1. The summed E-state index contributed by atoms with van der Waals surface area (Å²) in [5.41, 5.74) is 1.98. The molecule has 1 saturated carbocycles. The first-order chi connectivity index (χ1) is 12.4. The molecule has 1 aliphatic carbocycles. The van der Waals surface area contributed by atoms with E-state index in [2.05, 4.69) is 4.74 Å². The highest BCUT2D eigenvalue weighted by molar-refractivity contribution is 5.77. The first-order valence-electron chi connectivity index (χ1n) is 9.21. The Balaban J connectivity index is 1.86. The SMILES string of the molecule is CCOC(=O)OC(C)OC(=O)[C@@H](C)c1ccc(C[C@H]2CCC[C@@H]2O)cc1. The fraction of sp³-hybridized carbons (Fsp3) is 0.600. The summed E-state index contributed by atoms with van der Waals surface area (Å²) in [7, 11) is 0. The molecule has 2 rings (SSSR count). The molecule has 1 N–H and O–H groups in total. The quantitative estimate of drug-likeness (QED) is 0.588. The Morgan fingerprint density at radius 3 is 2.42 bits per heavy atom. The van der Waals surface area contributed by atoms with Gasteiger partial charge >= 0.3 is 12.1 Å². The van der Waals surface area contributed by atoms with E-state index in [-0.39, 0.29) is 12.7 Å². The Labute approximate surface area is 154 Å². The van der Waals surface area contributed by atoms with Gasteiger partial charge in [0.05, 0.1) is 18.6 Å². The molecule has 1 unspecified atom stereocenters. The highest BCUT2D eigenvalue weighted by atomic mass is 16.8. The van der Waals surface area contributed by atoms with Crippen molar-refractivity contribution in [3.05, 3.63) is 35.4 Å². The van der Waals surface area contributed by atoms with Crippen molar-refractivity contribution in [2.24, 2.45) is 5.92 Å². The Hall–Kier alpha value is -2.08. The lowest BCUT2D eigenvalue weighted by atomic mass is 9.93. The molecule has 1 aromatic carbocycles. The Kier molecular flexibility index (Phi) is 7.45. The number of rotatable bonds is 7. The average Bonchev–Trinajstić information content (AvgIpc) is 2.99. The van der Waals surface area contributed by atoms with Gasteiger partial charge in [0, 0.05) is 6.92 Å². The minimum absolute atomic E-state index is 0.195. The van der Waals surface area contributed by atoms with Crippen LogP contribution in [0.4, 0.5) is 4.79 Å². The summed E-state index contributed by atoms with van der Waals surface area (Å²) in [5, 5.41) is 9.94. The van der Waals surface area contributed by atoms with Crippen LogP contribution in [0.1, 0.15) is 57.1 Å². The maximum absolute atomic E-state index is 12.2. The van der Waals surface area contributed by atoms with Crippen molar-refractivity contribution < 1.29 is 28.9 Å². The molecule has 0 spiro atoms. The van der Waals surface area contributed by atoms with Crippen LogP contribution < -0.4 is 0 Å². The number of carbonyl (C=O) groups excluding carboxylic acids is 2. The van der Waals surface area contributed by atoms with Gasteiger partial charge in [0.15, 0.2) is 0 Å². The van der Waals surface area contributed by atoms with E-state index >= 15 is 0 Å². The highest BCUT2D eigenvalue weighted by Crippen LogP contribution is 2.29. The molecular weight excluding hydrogens is 336 g/mol. The molecule has 1 fully saturated rings. The van der Waals surface area contributed by atoms with Crippen LogP contribution in [0.25, 0.3) is 0 Å². The van der Waals surface area contributed by atoms with Gasteiger partial charge in [-0.15, -0.1) is 0 Å². The number of aliphatic hydroxyl groups excluding tert-OH is 1. The van der Waals surface area contributed by atoms with E-state index in [0.29, 0.717) is 5.92 Å². The first-order valence-corrected chi connectivity index (χ1v) is 9.21. The van der Waals surface area contributed by atoms with Gasteiger partial charge in [-0.2, -0.15) is 0 Å². The largest absolute Gasteiger partial charge is 0.511 e. The van der Waals surface area contributed by atoms with E-state index in [9.17, 15) is 14.7 Å². The summed E-state index contributed by atoms with van der Waals surface area (Å²) in [4.78, 5) is 23.4. The average molecular weight is 364 g/mol. The second-order valence-electron chi connectivity index (χ2n) is 6.73. The minimum Gasteiger partial charge on any atom is -0.435 e. The lowest BCUT2D eigenvalue weighted by molar-refractivity contribution is -0.169. The van der Waals surface area contributed by atoms with Crippen LogP contribution in [0.2, 0.25) is 0 Å². The van der Waals surface area contributed by atoms with Gasteiger partial charge in [-0.05, 0) is 50.2 Å². The zero-order valence-corrected chi connectivity index (χ0v) is 15.6. The number of benzene rings is 1. The molecule has 0 heterocycles. The van der Waals surface area contributed by atoms with E-state index in [1.165, 1.54) is 6.92 Å². The number of carbonyl (C=O) groups is 2. The Bertz CT molecular complexity index is 597. The topological polar surface area (TPSA) is 82.1 Å². The Morgan fingerprint density at radius 1 is 1.15 bits per heavy atom. The molecule has 0 saturated heterocycles. The van der Waals surface area contributed by atoms with Crippen molar-refractivity contribution in [2.75, 3.05) is 6.61 Å². The standard InChI is InChI=1S/C20H28O6/c1-4-24-20(23)26-14(3)25-19(22)13(2)16-10-8-15(9-11-16)12-17-6-5-7-18(17)21/h8-11,13-14,17-18,21H,4-7,12H2,1-3H3/t13-,14?,17+,18-/m0/s1. The van der Waals surface area contributed by atoms with Gasteiger partial charge in [-0.3, -0.25) is 4.79 Å². The summed E-state index contributed by atoms with van der Waals surface area (Å²) < 4.78 is 14.6. The summed E-state index contributed by atoms with van der Waals surface area (Å²) >= 11 is 0. The maximum atomic E-state index is 12.2.